The van der Waals surface area contributed by atoms with Crippen molar-refractivity contribution in [2.24, 2.45) is 5.92 Å². The van der Waals surface area contributed by atoms with Gasteiger partial charge in [-0.05, 0) is 18.4 Å². The normalized spacial score (nSPS) is 19.7. The molecule has 1 fully saturated rings. The number of ketones is 2. The number of carbonyl (C=O) groups is 2. The van der Waals surface area contributed by atoms with E-state index in [9.17, 15) is 9.59 Å². The third-order valence-corrected chi connectivity index (χ3v) is 5.32. The Balaban J connectivity index is 1.87. The fourth-order valence-electron chi connectivity index (χ4n) is 3.92. The highest BCUT2D eigenvalue weighted by atomic mass is 16.1. The highest BCUT2D eigenvalue weighted by Gasteiger charge is 2.31. The Hall–Kier alpha value is -2.22. The first-order valence-corrected chi connectivity index (χ1v) is 9.41. The molecule has 2 heteroatoms. The summed E-state index contributed by atoms with van der Waals surface area (Å²) in [7, 11) is 0. The Morgan fingerprint density at radius 1 is 0.880 bits per heavy atom. The highest BCUT2D eigenvalue weighted by molar-refractivity contribution is 5.97. The van der Waals surface area contributed by atoms with Crippen molar-refractivity contribution in [1.82, 2.24) is 0 Å². The van der Waals surface area contributed by atoms with Crippen LogP contribution >= 0.6 is 0 Å². The molecule has 0 heterocycles. The number of rotatable bonds is 5. The zero-order chi connectivity index (χ0) is 17.5. The van der Waals surface area contributed by atoms with Crippen LogP contribution in [0.25, 0.3) is 0 Å². The number of benzene rings is 2. The largest absolute Gasteiger partial charge is 0.299 e. The van der Waals surface area contributed by atoms with Crippen molar-refractivity contribution in [3.8, 4) is 0 Å². The molecule has 0 aromatic heterocycles. The summed E-state index contributed by atoms with van der Waals surface area (Å²) in [6.07, 6.45) is 6.39. The van der Waals surface area contributed by atoms with Crippen LogP contribution < -0.4 is 0 Å². The Bertz CT molecular complexity index is 691. The van der Waals surface area contributed by atoms with Crippen LogP contribution in [0.2, 0.25) is 0 Å². The van der Waals surface area contributed by atoms with Gasteiger partial charge in [-0.25, -0.2) is 0 Å². The van der Waals surface area contributed by atoms with E-state index in [-0.39, 0.29) is 17.6 Å². The molecule has 0 N–H and O–H groups in total. The lowest BCUT2D eigenvalue weighted by Crippen LogP contribution is -2.25. The molecule has 130 valence electrons. The Labute approximate surface area is 150 Å². The van der Waals surface area contributed by atoms with E-state index in [1.807, 2.05) is 48.5 Å². The van der Waals surface area contributed by atoms with Crippen LogP contribution in [0.5, 0.6) is 0 Å². The first-order chi connectivity index (χ1) is 12.3. The van der Waals surface area contributed by atoms with Gasteiger partial charge in [0.05, 0.1) is 0 Å². The van der Waals surface area contributed by atoms with Gasteiger partial charge in [-0.15, -0.1) is 0 Å². The predicted molar refractivity (Wildman–Crippen MR) is 101 cm³/mol. The summed E-state index contributed by atoms with van der Waals surface area (Å²) in [4.78, 5) is 25.6. The maximum absolute atomic E-state index is 12.8. The van der Waals surface area contributed by atoms with Crippen LogP contribution in [-0.2, 0) is 4.79 Å². The van der Waals surface area contributed by atoms with Gasteiger partial charge in [-0.2, -0.15) is 0 Å². The minimum absolute atomic E-state index is 0.0143. The summed E-state index contributed by atoms with van der Waals surface area (Å²) in [5, 5.41) is 0. The van der Waals surface area contributed by atoms with Crippen LogP contribution in [0.1, 0.15) is 66.8 Å². The maximum atomic E-state index is 12.8. The molecule has 0 saturated heterocycles. The average molecular weight is 334 g/mol. The Morgan fingerprint density at radius 3 is 2.24 bits per heavy atom. The molecular formula is C23H26O2. The summed E-state index contributed by atoms with van der Waals surface area (Å²) >= 11 is 0. The molecule has 1 aliphatic rings. The van der Waals surface area contributed by atoms with Gasteiger partial charge in [0.1, 0.15) is 5.78 Å². The molecular weight excluding hydrogens is 308 g/mol. The molecule has 2 nitrogen and oxygen atoms in total. The molecule has 1 aliphatic carbocycles. The van der Waals surface area contributed by atoms with E-state index in [1.54, 1.807) is 0 Å². The third-order valence-electron chi connectivity index (χ3n) is 5.32. The van der Waals surface area contributed by atoms with Crippen molar-refractivity contribution in [3.63, 3.8) is 0 Å². The monoisotopic (exact) mass is 334 g/mol. The Kier molecular flexibility index (Phi) is 6.16. The number of Topliss-reactive ketones (excluding diaryl/α,β-unsaturated/α-hetero) is 2. The van der Waals surface area contributed by atoms with Gasteiger partial charge in [0.15, 0.2) is 5.78 Å². The highest BCUT2D eigenvalue weighted by Crippen LogP contribution is 2.36. The minimum Gasteiger partial charge on any atom is -0.299 e. The summed E-state index contributed by atoms with van der Waals surface area (Å²) in [5.74, 6) is 0.425. The molecule has 25 heavy (non-hydrogen) atoms. The van der Waals surface area contributed by atoms with Crippen LogP contribution in [0.3, 0.4) is 0 Å². The minimum atomic E-state index is -0.0321. The zero-order valence-electron chi connectivity index (χ0n) is 14.7. The number of hydrogen-bond acceptors (Lipinski definition) is 2. The van der Waals surface area contributed by atoms with Gasteiger partial charge in [0.25, 0.3) is 0 Å². The van der Waals surface area contributed by atoms with E-state index < -0.39 is 0 Å². The molecule has 2 aromatic carbocycles. The lowest BCUT2D eigenvalue weighted by molar-refractivity contribution is -0.124. The predicted octanol–water partition coefficient (Wildman–Crippen LogP) is 5.58. The van der Waals surface area contributed by atoms with Crippen molar-refractivity contribution >= 4 is 11.6 Å². The van der Waals surface area contributed by atoms with E-state index in [0.717, 1.165) is 36.8 Å². The molecule has 0 amide bonds. The second-order valence-electron chi connectivity index (χ2n) is 7.04. The van der Waals surface area contributed by atoms with Gasteiger partial charge in [-0.3, -0.25) is 9.59 Å². The van der Waals surface area contributed by atoms with Gasteiger partial charge < -0.3 is 0 Å². The fraction of sp³-hybridized carbons (Fsp3) is 0.391. The molecule has 0 bridgehead atoms. The van der Waals surface area contributed by atoms with Crippen molar-refractivity contribution in [2.45, 2.75) is 50.9 Å². The molecule has 3 rings (SSSR count). The first kappa shape index (κ1) is 17.6. The number of hydrogen-bond donors (Lipinski definition) is 0. The van der Waals surface area contributed by atoms with Gasteiger partial charge >= 0.3 is 0 Å². The summed E-state index contributed by atoms with van der Waals surface area (Å²) in [6, 6.07) is 19.6. The smallest absolute Gasteiger partial charge is 0.163 e. The summed E-state index contributed by atoms with van der Waals surface area (Å²) in [5.41, 5.74) is 1.85. The lowest BCUT2D eigenvalue weighted by atomic mass is 9.75. The fourth-order valence-corrected chi connectivity index (χ4v) is 3.92. The van der Waals surface area contributed by atoms with Crippen LogP contribution in [0.15, 0.2) is 60.7 Å². The van der Waals surface area contributed by atoms with Gasteiger partial charge in [-0.1, -0.05) is 79.9 Å². The van der Waals surface area contributed by atoms with Crippen molar-refractivity contribution in [2.75, 3.05) is 0 Å². The quantitative estimate of drug-likeness (QED) is 0.669. The summed E-state index contributed by atoms with van der Waals surface area (Å²) in [6.45, 7) is 0. The van der Waals surface area contributed by atoms with E-state index >= 15 is 0 Å². The summed E-state index contributed by atoms with van der Waals surface area (Å²) < 4.78 is 0. The second-order valence-corrected chi connectivity index (χ2v) is 7.04. The Morgan fingerprint density at radius 2 is 1.52 bits per heavy atom. The topological polar surface area (TPSA) is 34.1 Å². The molecule has 2 unspecified atom stereocenters. The first-order valence-electron chi connectivity index (χ1n) is 9.41. The zero-order valence-corrected chi connectivity index (χ0v) is 14.7. The molecule has 0 aliphatic heterocycles. The van der Waals surface area contributed by atoms with E-state index in [1.165, 1.54) is 6.42 Å². The number of carbonyl (C=O) groups excluding carboxylic acids is 2. The standard InChI is InChI=1S/C23H26O2/c24-22-16-10-2-1-9-15-20(22)21(18-11-5-3-6-12-18)17-23(25)19-13-7-4-8-14-19/h3-8,11-14,20-21H,1-2,9-10,15-17H2. The maximum Gasteiger partial charge on any atom is 0.163 e. The lowest BCUT2D eigenvalue weighted by Gasteiger charge is -2.28. The van der Waals surface area contributed by atoms with Gasteiger partial charge in [0.2, 0.25) is 0 Å². The van der Waals surface area contributed by atoms with E-state index in [2.05, 4.69) is 12.1 Å². The van der Waals surface area contributed by atoms with E-state index in [0.29, 0.717) is 18.6 Å². The SMILES string of the molecule is O=C(CC(c1ccccc1)C1CCCCCCC1=O)c1ccccc1. The molecule has 2 atom stereocenters. The van der Waals surface area contributed by atoms with Crippen molar-refractivity contribution in [1.29, 1.82) is 0 Å². The average Bonchev–Trinajstić information content (AvgIpc) is 2.65. The van der Waals surface area contributed by atoms with E-state index in [4.69, 9.17) is 0 Å². The van der Waals surface area contributed by atoms with Crippen molar-refractivity contribution < 1.29 is 9.59 Å². The molecule has 0 spiro atoms. The third kappa shape index (κ3) is 4.66. The molecule has 1 saturated carbocycles. The molecule has 2 aromatic rings. The van der Waals surface area contributed by atoms with Crippen LogP contribution in [0, 0.1) is 5.92 Å². The van der Waals surface area contributed by atoms with Crippen molar-refractivity contribution in [3.05, 3.63) is 71.8 Å². The van der Waals surface area contributed by atoms with Gasteiger partial charge in [0, 0.05) is 30.2 Å². The van der Waals surface area contributed by atoms with Crippen LogP contribution in [0.4, 0.5) is 0 Å². The second kappa shape index (κ2) is 8.75. The molecule has 0 radical (unpaired) electrons. The van der Waals surface area contributed by atoms with Crippen LogP contribution in [-0.4, -0.2) is 11.6 Å².